The van der Waals surface area contributed by atoms with Crippen molar-refractivity contribution in [1.29, 1.82) is 0 Å². The van der Waals surface area contributed by atoms with Crippen molar-refractivity contribution in [2.75, 3.05) is 25.6 Å². The van der Waals surface area contributed by atoms with Gasteiger partial charge in [-0.3, -0.25) is 0 Å². The maximum atomic E-state index is 5.83. The lowest BCUT2D eigenvalue weighted by atomic mass is 10.2. The third kappa shape index (κ3) is 3.25. The number of rotatable bonds is 4. The highest BCUT2D eigenvalue weighted by Gasteiger charge is 1.97. The zero-order valence-electron chi connectivity index (χ0n) is 7.93. The summed E-state index contributed by atoms with van der Waals surface area (Å²) < 4.78 is 4.94. The predicted octanol–water partition coefficient (Wildman–Crippen LogP) is 2.71. The molecule has 3 heteroatoms. The van der Waals surface area contributed by atoms with E-state index < -0.39 is 0 Å². The van der Waals surface area contributed by atoms with Gasteiger partial charge in [0.15, 0.2) is 0 Å². The summed E-state index contributed by atoms with van der Waals surface area (Å²) in [6.07, 6.45) is 0. The molecular formula is C10H14ClNO. The van der Waals surface area contributed by atoms with Crippen LogP contribution >= 0.6 is 11.6 Å². The minimum absolute atomic E-state index is 0.710. The molecule has 13 heavy (non-hydrogen) atoms. The Hall–Kier alpha value is -0.730. The molecule has 0 saturated carbocycles. The lowest BCUT2D eigenvalue weighted by Gasteiger charge is -2.08. The first-order valence-electron chi connectivity index (χ1n) is 4.23. The first kappa shape index (κ1) is 10.4. The predicted molar refractivity (Wildman–Crippen MR) is 56.6 cm³/mol. The molecule has 0 saturated heterocycles. The van der Waals surface area contributed by atoms with Gasteiger partial charge in [0.25, 0.3) is 0 Å². The van der Waals surface area contributed by atoms with Gasteiger partial charge in [-0.1, -0.05) is 11.6 Å². The summed E-state index contributed by atoms with van der Waals surface area (Å²) in [5.41, 5.74) is 2.27. The Morgan fingerprint density at radius 2 is 2.23 bits per heavy atom. The van der Waals surface area contributed by atoms with Crippen LogP contribution in [0.1, 0.15) is 5.56 Å². The second-order valence-corrected chi connectivity index (χ2v) is 3.32. The van der Waals surface area contributed by atoms with E-state index in [0.717, 1.165) is 22.8 Å². The SMILES string of the molecule is COCCNc1ccc(Cl)cc1C. The fraction of sp³-hybridized carbons (Fsp3) is 0.400. The van der Waals surface area contributed by atoms with E-state index >= 15 is 0 Å². The summed E-state index contributed by atoms with van der Waals surface area (Å²) in [6.45, 7) is 3.56. The van der Waals surface area contributed by atoms with Gasteiger partial charge in [-0.2, -0.15) is 0 Å². The Bertz CT molecular complexity index is 276. The number of halogens is 1. The van der Waals surface area contributed by atoms with E-state index in [4.69, 9.17) is 16.3 Å². The monoisotopic (exact) mass is 199 g/mol. The van der Waals surface area contributed by atoms with E-state index in [0.29, 0.717) is 6.61 Å². The molecule has 0 aromatic heterocycles. The largest absolute Gasteiger partial charge is 0.383 e. The molecule has 1 N–H and O–H groups in total. The van der Waals surface area contributed by atoms with E-state index in [1.807, 2.05) is 25.1 Å². The van der Waals surface area contributed by atoms with Gasteiger partial charge in [-0.15, -0.1) is 0 Å². The lowest BCUT2D eigenvalue weighted by Crippen LogP contribution is -2.08. The first-order chi connectivity index (χ1) is 6.24. The number of anilines is 1. The molecule has 1 aromatic rings. The van der Waals surface area contributed by atoms with Crippen molar-refractivity contribution in [3.05, 3.63) is 28.8 Å². The van der Waals surface area contributed by atoms with Gasteiger partial charge in [0, 0.05) is 24.4 Å². The second kappa shape index (κ2) is 5.10. The summed E-state index contributed by atoms with van der Waals surface area (Å²) in [5.74, 6) is 0. The smallest absolute Gasteiger partial charge is 0.0635 e. The van der Waals surface area contributed by atoms with Gasteiger partial charge in [0.05, 0.1) is 6.61 Å². The molecule has 0 bridgehead atoms. The topological polar surface area (TPSA) is 21.3 Å². The van der Waals surface area contributed by atoms with Crippen LogP contribution in [0.3, 0.4) is 0 Å². The van der Waals surface area contributed by atoms with Crippen LogP contribution in [-0.2, 0) is 4.74 Å². The van der Waals surface area contributed by atoms with Gasteiger partial charge in [0.2, 0.25) is 0 Å². The minimum Gasteiger partial charge on any atom is -0.383 e. The first-order valence-corrected chi connectivity index (χ1v) is 4.61. The number of hydrogen-bond donors (Lipinski definition) is 1. The van der Waals surface area contributed by atoms with Crippen molar-refractivity contribution in [3.8, 4) is 0 Å². The highest BCUT2D eigenvalue weighted by molar-refractivity contribution is 6.30. The Balaban J connectivity index is 2.56. The molecule has 0 radical (unpaired) electrons. The van der Waals surface area contributed by atoms with Gasteiger partial charge in [-0.25, -0.2) is 0 Å². The number of ether oxygens (including phenoxy) is 1. The number of hydrogen-bond acceptors (Lipinski definition) is 2. The maximum absolute atomic E-state index is 5.83. The fourth-order valence-corrected chi connectivity index (χ4v) is 1.34. The van der Waals surface area contributed by atoms with Crippen molar-refractivity contribution in [2.24, 2.45) is 0 Å². The quantitative estimate of drug-likeness (QED) is 0.753. The van der Waals surface area contributed by atoms with Crippen molar-refractivity contribution in [1.82, 2.24) is 0 Å². The summed E-state index contributed by atoms with van der Waals surface area (Å²) >= 11 is 5.83. The Labute approximate surface area is 83.9 Å². The van der Waals surface area contributed by atoms with Gasteiger partial charge in [-0.05, 0) is 30.7 Å². The average molecular weight is 200 g/mol. The van der Waals surface area contributed by atoms with E-state index in [1.165, 1.54) is 0 Å². The molecular weight excluding hydrogens is 186 g/mol. The molecule has 0 unspecified atom stereocenters. The Kier molecular flexibility index (Phi) is 4.06. The highest BCUT2D eigenvalue weighted by Crippen LogP contribution is 2.18. The molecule has 0 fully saturated rings. The van der Waals surface area contributed by atoms with Crippen LogP contribution < -0.4 is 5.32 Å². The molecule has 0 heterocycles. The molecule has 0 spiro atoms. The zero-order valence-corrected chi connectivity index (χ0v) is 8.69. The molecule has 0 aliphatic heterocycles. The molecule has 0 atom stereocenters. The lowest BCUT2D eigenvalue weighted by molar-refractivity contribution is 0.211. The minimum atomic E-state index is 0.710. The van der Waals surface area contributed by atoms with E-state index in [-0.39, 0.29) is 0 Å². The number of aryl methyl sites for hydroxylation is 1. The molecule has 0 aliphatic rings. The summed E-state index contributed by atoms with van der Waals surface area (Å²) in [4.78, 5) is 0. The third-order valence-electron chi connectivity index (χ3n) is 1.81. The molecule has 72 valence electrons. The molecule has 2 nitrogen and oxygen atoms in total. The van der Waals surface area contributed by atoms with Crippen LogP contribution in [0.4, 0.5) is 5.69 Å². The number of nitrogens with one attached hydrogen (secondary N) is 1. The molecule has 0 amide bonds. The molecule has 1 aromatic carbocycles. The van der Waals surface area contributed by atoms with E-state index in [2.05, 4.69) is 5.32 Å². The summed E-state index contributed by atoms with van der Waals surface area (Å²) in [6, 6.07) is 5.80. The second-order valence-electron chi connectivity index (χ2n) is 2.88. The van der Waals surface area contributed by atoms with Crippen LogP contribution in [0.2, 0.25) is 5.02 Å². The molecule has 0 aliphatic carbocycles. The van der Waals surface area contributed by atoms with Crippen LogP contribution in [0.5, 0.6) is 0 Å². The zero-order chi connectivity index (χ0) is 9.68. The van der Waals surface area contributed by atoms with Crippen molar-refractivity contribution >= 4 is 17.3 Å². The average Bonchev–Trinajstić information content (AvgIpc) is 2.09. The number of methoxy groups -OCH3 is 1. The number of benzene rings is 1. The van der Waals surface area contributed by atoms with Crippen molar-refractivity contribution in [3.63, 3.8) is 0 Å². The third-order valence-corrected chi connectivity index (χ3v) is 2.05. The Morgan fingerprint density at radius 3 is 2.85 bits per heavy atom. The van der Waals surface area contributed by atoms with Crippen LogP contribution in [-0.4, -0.2) is 20.3 Å². The van der Waals surface area contributed by atoms with Crippen LogP contribution in [0.15, 0.2) is 18.2 Å². The van der Waals surface area contributed by atoms with Gasteiger partial charge >= 0.3 is 0 Å². The fourth-order valence-electron chi connectivity index (χ4n) is 1.11. The van der Waals surface area contributed by atoms with Crippen molar-refractivity contribution in [2.45, 2.75) is 6.92 Å². The van der Waals surface area contributed by atoms with E-state index in [9.17, 15) is 0 Å². The highest BCUT2D eigenvalue weighted by atomic mass is 35.5. The maximum Gasteiger partial charge on any atom is 0.0635 e. The summed E-state index contributed by atoms with van der Waals surface area (Å²) in [7, 11) is 1.69. The van der Waals surface area contributed by atoms with Gasteiger partial charge < -0.3 is 10.1 Å². The van der Waals surface area contributed by atoms with Gasteiger partial charge in [0.1, 0.15) is 0 Å². The summed E-state index contributed by atoms with van der Waals surface area (Å²) in [5, 5.41) is 4.03. The normalized spacial score (nSPS) is 10.1. The van der Waals surface area contributed by atoms with Crippen LogP contribution in [0, 0.1) is 6.92 Å². The van der Waals surface area contributed by atoms with Crippen LogP contribution in [0.25, 0.3) is 0 Å². The van der Waals surface area contributed by atoms with Crippen molar-refractivity contribution < 1.29 is 4.74 Å². The molecule has 1 rings (SSSR count). The Morgan fingerprint density at radius 1 is 1.46 bits per heavy atom. The standard InChI is InChI=1S/C10H14ClNO/c1-8-7-9(11)3-4-10(8)12-5-6-13-2/h3-4,7,12H,5-6H2,1-2H3. The van der Waals surface area contributed by atoms with E-state index in [1.54, 1.807) is 7.11 Å².